The van der Waals surface area contributed by atoms with Gasteiger partial charge in [0.2, 0.25) is 6.29 Å². The maximum Gasteiger partial charge on any atom is 0.240 e. The van der Waals surface area contributed by atoms with Gasteiger partial charge in [0.05, 0.1) is 0 Å². The van der Waals surface area contributed by atoms with E-state index in [-0.39, 0.29) is 6.29 Å². The predicted octanol–water partition coefficient (Wildman–Crippen LogP) is 5.29. The third-order valence-corrected chi connectivity index (χ3v) is 3.82. The Bertz CT molecular complexity index is 632. The number of hydrogen-bond acceptors (Lipinski definition) is 2. The normalized spacial score (nSPS) is 18.3. The fourth-order valence-electron chi connectivity index (χ4n) is 2.50. The molecule has 1 aliphatic rings. The fraction of sp³-hybridized carbons (Fsp3) is 0.222. The number of rotatable bonds is 3. The molecule has 0 aliphatic carbocycles. The van der Waals surface area contributed by atoms with Crippen LogP contribution in [-0.2, 0) is 4.74 Å². The van der Waals surface area contributed by atoms with E-state index in [0.717, 1.165) is 24.4 Å². The van der Waals surface area contributed by atoms with Crippen LogP contribution in [0.3, 0.4) is 0 Å². The van der Waals surface area contributed by atoms with Crippen LogP contribution in [0.25, 0.3) is 5.57 Å². The molecule has 1 aliphatic heterocycles. The van der Waals surface area contributed by atoms with Crippen molar-refractivity contribution < 1.29 is 9.47 Å². The van der Waals surface area contributed by atoms with Crippen LogP contribution in [0, 0.1) is 0 Å². The number of halogens is 1. The number of ether oxygens (including phenoxy) is 2. The van der Waals surface area contributed by atoms with Crippen molar-refractivity contribution in [3.05, 3.63) is 70.9 Å². The standard InChI is InChI=1S/C18H17ClO2/c1-13-17(14-5-3-2-4-6-14)11-12-18(20-13)21-16-9-7-15(19)8-10-16/h2-10,18H,11-12H2,1H3. The van der Waals surface area contributed by atoms with Crippen LogP contribution in [0.2, 0.25) is 5.02 Å². The maximum absolute atomic E-state index is 5.91. The summed E-state index contributed by atoms with van der Waals surface area (Å²) in [4.78, 5) is 0. The highest BCUT2D eigenvalue weighted by atomic mass is 35.5. The Balaban J connectivity index is 1.70. The second-order valence-electron chi connectivity index (χ2n) is 5.06. The van der Waals surface area contributed by atoms with Crippen LogP contribution in [0.15, 0.2) is 60.4 Å². The molecular weight excluding hydrogens is 284 g/mol. The zero-order valence-electron chi connectivity index (χ0n) is 11.9. The van der Waals surface area contributed by atoms with Gasteiger partial charge in [-0.05, 0) is 48.7 Å². The van der Waals surface area contributed by atoms with E-state index in [9.17, 15) is 0 Å². The van der Waals surface area contributed by atoms with E-state index < -0.39 is 0 Å². The number of hydrogen-bond donors (Lipinski definition) is 0. The van der Waals surface area contributed by atoms with Crippen LogP contribution in [0.5, 0.6) is 5.75 Å². The van der Waals surface area contributed by atoms with Gasteiger partial charge in [0, 0.05) is 11.4 Å². The third kappa shape index (κ3) is 3.40. The van der Waals surface area contributed by atoms with E-state index in [1.54, 1.807) is 0 Å². The summed E-state index contributed by atoms with van der Waals surface area (Å²) in [6.45, 7) is 2.00. The quantitative estimate of drug-likeness (QED) is 0.767. The van der Waals surface area contributed by atoms with Gasteiger partial charge in [-0.3, -0.25) is 0 Å². The van der Waals surface area contributed by atoms with Gasteiger partial charge in [0.25, 0.3) is 0 Å². The molecule has 0 saturated carbocycles. The van der Waals surface area contributed by atoms with Gasteiger partial charge < -0.3 is 9.47 Å². The minimum atomic E-state index is -0.237. The molecular formula is C18H17ClO2. The third-order valence-electron chi connectivity index (χ3n) is 3.57. The molecule has 21 heavy (non-hydrogen) atoms. The zero-order chi connectivity index (χ0) is 14.7. The predicted molar refractivity (Wildman–Crippen MR) is 85.2 cm³/mol. The fourth-order valence-corrected chi connectivity index (χ4v) is 2.63. The van der Waals surface area contributed by atoms with E-state index in [1.807, 2.05) is 49.4 Å². The van der Waals surface area contributed by atoms with Crippen molar-refractivity contribution in [1.29, 1.82) is 0 Å². The number of allylic oxidation sites excluding steroid dienone is 2. The molecule has 2 nitrogen and oxygen atoms in total. The van der Waals surface area contributed by atoms with Gasteiger partial charge in [0.15, 0.2) is 0 Å². The summed E-state index contributed by atoms with van der Waals surface area (Å²) < 4.78 is 11.8. The summed E-state index contributed by atoms with van der Waals surface area (Å²) in [5.74, 6) is 1.71. The van der Waals surface area contributed by atoms with E-state index in [0.29, 0.717) is 5.02 Å². The van der Waals surface area contributed by atoms with Gasteiger partial charge >= 0.3 is 0 Å². The van der Waals surface area contributed by atoms with E-state index in [2.05, 4.69) is 12.1 Å². The molecule has 0 radical (unpaired) electrons. The Hall–Kier alpha value is -1.93. The summed E-state index contributed by atoms with van der Waals surface area (Å²) in [5.41, 5.74) is 2.48. The Morgan fingerprint density at radius 2 is 1.76 bits per heavy atom. The second-order valence-corrected chi connectivity index (χ2v) is 5.50. The summed E-state index contributed by atoms with van der Waals surface area (Å²) in [7, 11) is 0. The van der Waals surface area contributed by atoms with Crippen LogP contribution < -0.4 is 4.74 Å². The lowest BCUT2D eigenvalue weighted by Gasteiger charge is -2.27. The first-order valence-corrected chi connectivity index (χ1v) is 7.44. The van der Waals surface area contributed by atoms with Crippen molar-refractivity contribution >= 4 is 17.2 Å². The Labute approximate surface area is 130 Å². The highest BCUT2D eigenvalue weighted by Gasteiger charge is 2.21. The zero-order valence-corrected chi connectivity index (χ0v) is 12.6. The van der Waals surface area contributed by atoms with E-state index in [4.69, 9.17) is 21.1 Å². The maximum atomic E-state index is 5.91. The first-order valence-electron chi connectivity index (χ1n) is 7.06. The summed E-state index contributed by atoms with van der Waals surface area (Å²) in [6, 6.07) is 17.7. The van der Waals surface area contributed by atoms with Gasteiger partial charge in [-0.2, -0.15) is 0 Å². The molecule has 2 aromatic rings. The Morgan fingerprint density at radius 1 is 1.05 bits per heavy atom. The van der Waals surface area contributed by atoms with Crippen molar-refractivity contribution in [1.82, 2.24) is 0 Å². The molecule has 0 bridgehead atoms. The lowest BCUT2D eigenvalue weighted by molar-refractivity contribution is -0.0537. The van der Waals surface area contributed by atoms with Crippen LogP contribution in [0.4, 0.5) is 0 Å². The molecule has 3 heteroatoms. The van der Waals surface area contributed by atoms with Gasteiger partial charge in [-0.1, -0.05) is 41.9 Å². The first-order chi connectivity index (χ1) is 10.2. The molecule has 1 atom stereocenters. The Morgan fingerprint density at radius 3 is 2.43 bits per heavy atom. The topological polar surface area (TPSA) is 18.5 Å². The molecule has 3 rings (SSSR count). The summed E-state index contributed by atoms with van der Waals surface area (Å²) in [5, 5.41) is 0.703. The minimum absolute atomic E-state index is 0.237. The van der Waals surface area contributed by atoms with Crippen molar-refractivity contribution in [2.24, 2.45) is 0 Å². The first kappa shape index (κ1) is 14.0. The molecule has 108 valence electrons. The molecule has 0 fully saturated rings. The van der Waals surface area contributed by atoms with E-state index in [1.165, 1.54) is 11.1 Å². The second kappa shape index (κ2) is 6.23. The van der Waals surface area contributed by atoms with Crippen LogP contribution in [-0.4, -0.2) is 6.29 Å². The highest BCUT2D eigenvalue weighted by Crippen LogP contribution is 2.32. The minimum Gasteiger partial charge on any atom is -0.459 e. The highest BCUT2D eigenvalue weighted by molar-refractivity contribution is 6.30. The lowest BCUT2D eigenvalue weighted by Crippen LogP contribution is -2.23. The molecule has 1 unspecified atom stereocenters. The molecule has 0 N–H and O–H groups in total. The molecule has 0 aromatic heterocycles. The SMILES string of the molecule is CC1=C(c2ccccc2)CCC(Oc2ccc(Cl)cc2)O1. The van der Waals surface area contributed by atoms with Crippen LogP contribution in [0.1, 0.15) is 25.3 Å². The van der Waals surface area contributed by atoms with Crippen molar-refractivity contribution in [3.63, 3.8) is 0 Å². The molecule has 0 spiro atoms. The molecule has 0 saturated heterocycles. The lowest BCUT2D eigenvalue weighted by atomic mass is 9.98. The van der Waals surface area contributed by atoms with Crippen molar-refractivity contribution in [2.45, 2.75) is 26.1 Å². The van der Waals surface area contributed by atoms with Gasteiger partial charge in [-0.25, -0.2) is 0 Å². The van der Waals surface area contributed by atoms with Crippen molar-refractivity contribution in [2.75, 3.05) is 0 Å². The summed E-state index contributed by atoms with van der Waals surface area (Å²) >= 11 is 5.87. The van der Waals surface area contributed by atoms with Crippen LogP contribution >= 0.6 is 11.6 Å². The van der Waals surface area contributed by atoms with Gasteiger partial charge in [0.1, 0.15) is 11.5 Å². The molecule has 2 aromatic carbocycles. The monoisotopic (exact) mass is 300 g/mol. The largest absolute Gasteiger partial charge is 0.459 e. The average Bonchev–Trinajstić information content (AvgIpc) is 2.51. The van der Waals surface area contributed by atoms with Crippen molar-refractivity contribution in [3.8, 4) is 5.75 Å². The number of benzene rings is 2. The summed E-state index contributed by atoms with van der Waals surface area (Å²) in [6.07, 6.45) is 1.55. The average molecular weight is 301 g/mol. The smallest absolute Gasteiger partial charge is 0.240 e. The Kier molecular flexibility index (Phi) is 4.16. The van der Waals surface area contributed by atoms with Gasteiger partial charge in [-0.15, -0.1) is 0 Å². The molecule has 0 amide bonds. The van der Waals surface area contributed by atoms with E-state index >= 15 is 0 Å². The molecule has 1 heterocycles.